The van der Waals surface area contributed by atoms with E-state index >= 15 is 0 Å². The number of furan rings is 1. The quantitative estimate of drug-likeness (QED) is 0.628. The van der Waals surface area contributed by atoms with Gasteiger partial charge in [-0.25, -0.2) is 4.98 Å². The molecule has 0 atom stereocenters. The Morgan fingerprint density at radius 2 is 1.85 bits per heavy atom. The lowest BCUT2D eigenvalue weighted by Crippen LogP contribution is -2.06. The first kappa shape index (κ1) is 17.9. The smallest absolute Gasteiger partial charge is 0.195 e. The number of hydrogen-bond acceptors (Lipinski definition) is 7. The Bertz CT molecular complexity index is 1180. The molecule has 3 rings (SSSR count). The van der Waals surface area contributed by atoms with Crippen LogP contribution in [0.3, 0.4) is 0 Å². The van der Waals surface area contributed by atoms with Crippen molar-refractivity contribution in [3.63, 3.8) is 0 Å². The lowest BCUT2D eigenvalue weighted by Gasteiger charge is -2.05. The van der Waals surface area contributed by atoms with E-state index in [2.05, 4.69) is 4.98 Å². The van der Waals surface area contributed by atoms with Gasteiger partial charge in [0.25, 0.3) is 0 Å². The summed E-state index contributed by atoms with van der Waals surface area (Å²) in [6.07, 6.45) is 3.80. The maximum absolute atomic E-state index is 9.27. The van der Waals surface area contributed by atoms with Gasteiger partial charge >= 0.3 is 0 Å². The van der Waals surface area contributed by atoms with Gasteiger partial charge in [-0.2, -0.15) is 15.8 Å². The van der Waals surface area contributed by atoms with Gasteiger partial charge in [0.05, 0.1) is 10.2 Å². The van der Waals surface area contributed by atoms with Gasteiger partial charge in [-0.1, -0.05) is 12.1 Å². The molecule has 0 unspecified atom stereocenters. The molecule has 6 nitrogen and oxygen atoms in total. The minimum atomic E-state index is -0.230. The van der Waals surface area contributed by atoms with E-state index in [1.54, 1.807) is 12.1 Å². The Labute approximate surface area is 160 Å². The van der Waals surface area contributed by atoms with E-state index in [1.807, 2.05) is 67.5 Å². The number of rotatable bonds is 4. The lowest BCUT2D eigenvalue weighted by atomic mass is 10.1. The van der Waals surface area contributed by atoms with Crippen molar-refractivity contribution in [3.05, 3.63) is 52.2 Å². The van der Waals surface area contributed by atoms with Crippen LogP contribution < -0.4 is 4.90 Å². The van der Waals surface area contributed by atoms with E-state index in [-0.39, 0.29) is 11.1 Å². The Morgan fingerprint density at radius 3 is 2.48 bits per heavy atom. The fourth-order valence-corrected chi connectivity index (χ4v) is 3.37. The van der Waals surface area contributed by atoms with Crippen LogP contribution in [0, 0.1) is 34.0 Å². The fourth-order valence-electron chi connectivity index (χ4n) is 2.35. The van der Waals surface area contributed by atoms with Crippen molar-refractivity contribution in [2.24, 2.45) is 0 Å². The average Bonchev–Trinajstić information content (AvgIpc) is 3.30. The highest BCUT2D eigenvalue weighted by atomic mass is 32.1. The highest BCUT2D eigenvalue weighted by Gasteiger charge is 2.14. The molecule has 7 heteroatoms. The Balaban J connectivity index is 1.93. The normalized spacial score (nSPS) is 10.3. The summed E-state index contributed by atoms with van der Waals surface area (Å²) in [5.74, 6) is 1.52. The molecule has 0 aliphatic rings. The molecule has 0 bridgehead atoms. The van der Waals surface area contributed by atoms with Crippen molar-refractivity contribution in [2.75, 3.05) is 19.0 Å². The molecule has 0 saturated carbocycles. The third kappa shape index (κ3) is 3.72. The molecule has 0 fully saturated rings. The summed E-state index contributed by atoms with van der Waals surface area (Å²) < 4.78 is 6.55. The molecule has 0 saturated heterocycles. The number of allylic oxidation sites excluding steroid dienone is 2. The third-order valence-corrected chi connectivity index (χ3v) is 4.74. The maximum atomic E-state index is 9.27. The number of aromatic nitrogens is 1. The number of nitriles is 3. The molecular formula is C20H13N5OS. The zero-order valence-corrected chi connectivity index (χ0v) is 15.4. The van der Waals surface area contributed by atoms with Gasteiger partial charge in [-0.05, 0) is 29.8 Å². The molecule has 0 aliphatic carbocycles. The average molecular weight is 371 g/mol. The largest absolute Gasteiger partial charge is 0.441 e. The molecule has 0 radical (unpaired) electrons. The van der Waals surface area contributed by atoms with Crippen LogP contribution in [0.5, 0.6) is 0 Å². The molecule has 2 aromatic heterocycles. The fraction of sp³-hybridized carbons (Fsp3) is 0.100. The van der Waals surface area contributed by atoms with Crippen molar-refractivity contribution in [3.8, 4) is 18.2 Å². The summed E-state index contributed by atoms with van der Waals surface area (Å²) in [7, 11) is 3.82. The van der Waals surface area contributed by atoms with Crippen LogP contribution in [-0.2, 0) is 0 Å². The topological polar surface area (TPSA) is 101 Å². The second-order valence-corrected chi connectivity index (χ2v) is 6.77. The lowest BCUT2D eigenvalue weighted by molar-refractivity contribution is 0.555. The van der Waals surface area contributed by atoms with Gasteiger partial charge in [-0.15, -0.1) is 11.3 Å². The first-order valence-corrected chi connectivity index (χ1v) is 8.68. The summed E-state index contributed by atoms with van der Waals surface area (Å²) in [4.78, 5) is 6.26. The highest BCUT2D eigenvalue weighted by molar-refractivity contribution is 7.19. The third-order valence-electron chi connectivity index (χ3n) is 3.71. The van der Waals surface area contributed by atoms with E-state index in [0.29, 0.717) is 10.5 Å². The molecule has 130 valence electrons. The van der Waals surface area contributed by atoms with Crippen molar-refractivity contribution in [1.29, 1.82) is 15.8 Å². The molecule has 0 spiro atoms. The van der Waals surface area contributed by atoms with Crippen LogP contribution in [0.1, 0.15) is 16.3 Å². The SMILES string of the molecule is CN(C)c1ccc(/C=C/c2ccc3nc(C(C#N)=C(C#N)C#N)sc3c2)o1. The van der Waals surface area contributed by atoms with Crippen molar-refractivity contribution < 1.29 is 4.42 Å². The summed E-state index contributed by atoms with van der Waals surface area (Å²) >= 11 is 1.28. The monoisotopic (exact) mass is 371 g/mol. The Morgan fingerprint density at radius 1 is 1.07 bits per heavy atom. The second-order valence-electron chi connectivity index (χ2n) is 5.74. The highest BCUT2D eigenvalue weighted by Crippen LogP contribution is 2.29. The molecule has 3 aromatic rings. The maximum Gasteiger partial charge on any atom is 0.195 e. The van der Waals surface area contributed by atoms with Crippen LogP contribution in [0.2, 0.25) is 0 Å². The van der Waals surface area contributed by atoms with Gasteiger partial charge in [0, 0.05) is 20.2 Å². The molecule has 0 amide bonds. The summed E-state index contributed by atoms with van der Waals surface area (Å²) in [6, 6.07) is 14.9. The van der Waals surface area contributed by atoms with Crippen LogP contribution >= 0.6 is 11.3 Å². The van der Waals surface area contributed by atoms with Gasteiger partial charge in [-0.3, -0.25) is 0 Å². The predicted octanol–water partition coefficient (Wildman–Crippen LogP) is 4.45. The molecule has 1 aromatic carbocycles. The molecule has 27 heavy (non-hydrogen) atoms. The minimum absolute atomic E-state index is 0.00472. The summed E-state index contributed by atoms with van der Waals surface area (Å²) in [5, 5.41) is 27.6. The van der Waals surface area contributed by atoms with Crippen molar-refractivity contribution in [1.82, 2.24) is 4.98 Å². The van der Waals surface area contributed by atoms with Crippen LogP contribution in [0.4, 0.5) is 5.88 Å². The van der Waals surface area contributed by atoms with E-state index in [4.69, 9.17) is 14.9 Å². The number of hydrogen-bond donors (Lipinski definition) is 0. The van der Waals surface area contributed by atoms with Gasteiger partial charge in [0.2, 0.25) is 0 Å². The number of fused-ring (bicyclic) bond motifs is 1. The van der Waals surface area contributed by atoms with Crippen LogP contribution in [-0.4, -0.2) is 19.1 Å². The van der Waals surface area contributed by atoms with Crippen LogP contribution in [0.15, 0.2) is 40.3 Å². The van der Waals surface area contributed by atoms with Gasteiger partial charge < -0.3 is 9.32 Å². The van der Waals surface area contributed by atoms with Crippen molar-refractivity contribution in [2.45, 2.75) is 0 Å². The van der Waals surface area contributed by atoms with E-state index < -0.39 is 0 Å². The van der Waals surface area contributed by atoms with E-state index in [1.165, 1.54) is 11.3 Å². The summed E-state index contributed by atoms with van der Waals surface area (Å²) in [5.41, 5.74) is 1.43. The predicted molar refractivity (Wildman–Crippen MR) is 105 cm³/mol. The van der Waals surface area contributed by atoms with Gasteiger partial charge in [0.15, 0.2) is 5.88 Å². The van der Waals surface area contributed by atoms with Crippen LogP contribution in [0.25, 0.3) is 27.9 Å². The second kappa shape index (κ2) is 7.58. The Hall–Kier alpha value is -3.86. The Kier molecular flexibility index (Phi) is 5.04. The van der Waals surface area contributed by atoms with Gasteiger partial charge in [0.1, 0.15) is 40.1 Å². The molecule has 0 aliphatic heterocycles. The number of anilines is 1. The molecule has 2 heterocycles. The number of benzene rings is 1. The van der Waals surface area contributed by atoms with Crippen molar-refractivity contribution >= 4 is 45.2 Å². The van der Waals surface area contributed by atoms with E-state index in [9.17, 15) is 5.26 Å². The zero-order chi connectivity index (χ0) is 19.4. The first-order valence-electron chi connectivity index (χ1n) is 7.86. The minimum Gasteiger partial charge on any atom is -0.441 e. The molecule has 0 N–H and O–H groups in total. The number of thiazole rings is 1. The summed E-state index contributed by atoms with van der Waals surface area (Å²) in [6.45, 7) is 0. The number of nitrogens with zero attached hydrogens (tertiary/aromatic N) is 5. The van der Waals surface area contributed by atoms with E-state index in [0.717, 1.165) is 21.9 Å². The zero-order valence-electron chi connectivity index (χ0n) is 14.6. The first-order chi connectivity index (χ1) is 13.0. The standard InChI is InChI=1S/C20H13N5OS/c1-25(2)19-8-6-15(26-19)5-3-13-4-7-17-18(9-13)27-20(24-17)16(12-23)14(10-21)11-22/h3-9H,1-2H3/b5-3+. The molecular weight excluding hydrogens is 358 g/mol.